The van der Waals surface area contributed by atoms with Gasteiger partial charge in [-0.1, -0.05) is 64.5 Å². The SMILES string of the molecule is CCCCCCCCc1ccc(OC(CCCC)C(C)O)cc1. The Morgan fingerprint density at radius 1 is 0.870 bits per heavy atom. The van der Waals surface area contributed by atoms with Crippen molar-refractivity contribution in [2.75, 3.05) is 0 Å². The van der Waals surface area contributed by atoms with Crippen LogP contribution >= 0.6 is 0 Å². The van der Waals surface area contributed by atoms with E-state index in [1.54, 1.807) is 0 Å². The van der Waals surface area contributed by atoms with Gasteiger partial charge < -0.3 is 9.84 Å². The molecule has 0 aromatic heterocycles. The van der Waals surface area contributed by atoms with Crippen molar-refractivity contribution in [2.24, 2.45) is 0 Å². The third kappa shape index (κ3) is 9.00. The van der Waals surface area contributed by atoms with Gasteiger partial charge >= 0.3 is 0 Å². The van der Waals surface area contributed by atoms with Gasteiger partial charge in [0.05, 0.1) is 6.10 Å². The fourth-order valence-electron chi connectivity index (χ4n) is 2.82. The molecule has 0 saturated heterocycles. The molecule has 1 rings (SSSR count). The van der Waals surface area contributed by atoms with E-state index in [1.807, 2.05) is 19.1 Å². The second kappa shape index (κ2) is 12.4. The first-order valence-corrected chi connectivity index (χ1v) is 9.61. The first-order chi connectivity index (χ1) is 11.2. The van der Waals surface area contributed by atoms with Gasteiger partial charge in [-0.15, -0.1) is 0 Å². The molecule has 1 aromatic rings. The molecule has 23 heavy (non-hydrogen) atoms. The summed E-state index contributed by atoms with van der Waals surface area (Å²) in [6.07, 6.45) is 11.8. The molecule has 2 atom stereocenters. The van der Waals surface area contributed by atoms with Gasteiger partial charge in [0.15, 0.2) is 0 Å². The van der Waals surface area contributed by atoms with Crippen molar-refractivity contribution in [1.29, 1.82) is 0 Å². The monoisotopic (exact) mass is 320 g/mol. The normalized spacial score (nSPS) is 13.7. The van der Waals surface area contributed by atoms with Gasteiger partial charge in [-0.05, 0) is 50.3 Å². The molecule has 0 aliphatic carbocycles. The Kier molecular flexibility index (Phi) is 10.8. The van der Waals surface area contributed by atoms with Crippen molar-refractivity contribution in [2.45, 2.75) is 97.2 Å². The smallest absolute Gasteiger partial charge is 0.124 e. The molecule has 0 spiro atoms. The van der Waals surface area contributed by atoms with E-state index < -0.39 is 6.10 Å². The van der Waals surface area contributed by atoms with Gasteiger partial charge in [0, 0.05) is 0 Å². The van der Waals surface area contributed by atoms with Crippen molar-refractivity contribution < 1.29 is 9.84 Å². The molecule has 0 amide bonds. The molecule has 1 aromatic carbocycles. The van der Waals surface area contributed by atoms with Gasteiger partial charge in [-0.2, -0.15) is 0 Å². The van der Waals surface area contributed by atoms with Crippen molar-refractivity contribution in [3.8, 4) is 5.75 Å². The van der Waals surface area contributed by atoms with Crippen molar-refractivity contribution in [3.05, 3.63) is 29.8 Å². The van der Waals surface area contributed by atoms with E-state index in [2.05, 4.69) is 26.0 Å². The topological polar surface area (TPSA) is 29.5 Å². The van der Waals surface area contributed by atoms with Gasteiger partial charge in [0.1, 0.15) is 11.9 Å². The zero-order valence-corrected chi connectivity index (χ0v) is 15.4. The molecule has 0 radical (unpaired) electrons. The number of aliphatic hydroxyl groups is 1. The van der Waals surface area contributed by atoms with E-state index in [0.717, 1.165) is 31.4 Å². The van der Waals surface area contributed by atoms with Crippen LogP contribution in [0.15, 0.2) is 24.3 Å². The lowest BCUT2D eigenvalue weighted by Crippen LogP contribution is -2.29. The Morgan fingerprint density at radius 3 is 2.09 bits per heavy atom. The molecule has 1 N–H and O–H groups in total. The largest absolute Gasteiger partial charge is 0.488 e. The van der Waals surface area contributed by atoms with Crippen LogP contribution in [0.1, 0.15) is 84.1 Å². The molecular formula is C21H36O2. The summed E-state index contributed by atoms with van der Waals surface area (Å²) >= 11 is 0. The van der Waals surface area contributed by atoms with Crippen LogP contribution in [0.2, 0.25) is 0 Å². The number of aliphatic hydroxyl groups excluding tert-OH is 1. The Morgan fingerprint density at radius 2 is 1.48 bits per heavy atom. The molecule has 0 aliphatic heterocycles. The Labute approximate surface area is 143 Å². The van der Waals surface area contributed by atoms with Crippen molar-refractivity contribution >= 4 is 0 Å². The predicted octanol–water partition coefficient (Wildman–Crippen LogP) is 5.91. The Balaban J connectivity index is 2.34. The molecular weight excluding hydrogens is 284 g/mol. The van der Waals surface area contributed by atoms with Crippen LogP contribution in [0, 0.1) is 0 Å². The maximum Gasteiger partial charge on any atom is 0.124 e. The summed E-state index contributed by atoms with van der Waals surface area (Å²) in [4.78, 5) is 0. The summed E-state index contributed by atoms with van der Waals surface area (Å²) in [7, 11) is 0. The highest BCUT2D eigenvalue weighted by molar-refractivity contribution is 5.27. The maximum atomic E-state index is 9.83. The number of hydrogen-bond donors (Lipinski definition) is 1. The summed E-state index contributed by atoms with van der Waals surface area (Å²) in [5.74, 6) is 0.874. The molecule has 2 heteroatoms. The van der Waals surface area contributed by atoms with E-state index >= 15 is 0 Å². The number of rotatable bonds is 13. The Bertz CT molecular complexity index is 383. The lowest BCUT2D eigenvalue weighted by molar-refractivity contribution is 0.0421. The van der Waals surface area contributed by atoms with E-state index in [-0.39, 0.29) is 6.10 Å². The highest BCUT2D eigenvalue weighted by Gasteiger charge is 2.16. The summed E-state index contributed by atoms with van der Waals surface area (Å²) < 4.78 is 5.95. The average molecular weight is 321 g/mol. The zero-order valence-electron chi connectivity index (χ0n) is 15.4. The Hall–Kier alpha value is -1.02. The maximum absolute atomic E-state index is 9.83. The standard InChI is InChI=1S/C21H36O2/c1-4-6-8-9-10-11-12-19-14-16-20(17-15-19)23-21(18(3)22)13-7-5-2/h14-18,21-22H,4-13H2,1-3H3. The van der Waals surface area contributed by atoms with E-state index in [0.29, 0.717) is 0 Å². The van der Waals surface area contributed by atoms with Crippen molar-refractivity contribution in [1.82, 2.24) is 0 Å². The minimum Gasteiger partial charge on any atom is -0.488 e. The van der Waals surface area contributed by atoms with E-state index in [4.69, 9.17) is 4.74 Å². The zero-order chi connectivity index (χ0) is 16.9. The number of aryl methyl sites for hydroxylation is 1. The third-order valence-corrected chi connectivity index (χ3v) is 4.41. The van der Waals surface area contributed by atoms with Crippen LogP contribution in [-0.4, -0.2) is 17.3 Å². The van der Waals surface area contributed by atoms with Gasteiger partial charge in [0.25, 0.3) is 0 Å². The minimum absolute atomic E-state index is 0.0978. The number of benzene rings is 1. The molecule has 0 saturated carbocycles. The molecule has 132 valence electrons. The fourth-order valence-corrected chi connectivity index (χ4v) is 2.82. The summed E-state index contributed by atoms with van der Waals surface area (Å²) in [6, 6.07) is 8.43. The minimum atomic E-state index is -0.427. The molecule has 2 nitrogen and oxygen atoms in total. The lowest BCUT2D eigenvalue weighted by Gasteiger charge is -2.21. The quantitative estimate of drug-likeness (QED) is 0.458. The highest BCUT2D eigenvalue weighted by Crippen LogP contribution is 2.19. The van der Waals surface area contributed by atoms with Crippen LogP contribution in [0.5, 0.6) is 5.75 Å². The molecule has 2 unspecified atom stereocenters. The van der Waals surface area contributed by atoms with E-state index in [1.165, 1.54) is 44.1 Å². The lowest BCUT2D eigenvalue weighted by atomic mass is 10.0. The van der Waals surface area contributed by atoms with Crippen molar-refractivity contribution in [3.63, 3.8) is 0 Å². The van der Waals surface area contributed by atoms with Gasteiger partial charge in [0.2, 0.25) is 0 Å². The number of unbranched alkanes of at least 4 members (excludes halogenated alkanes) is 6. The first-order valence-electron chi connectivity index (χ1n) is 9.61. The van der Waals surface area contributed by atoms with Crippen LogP contribution < -0.4 is 4.74 Å². The molecule has 0 bridgehead atoms. The van der Waals surface area contributed by atoms with Crippen LogP contribution in [-0.2, 0) is 6.42 Å². The highest BCUT2D eigenvalue weighted by atomic mass is 16.5. The first kappa shape index (κ1) is 20.0. The second-order valence-corrected chi connectivity index (χ2v) is 6.70. The van der Waals surface area contributed by atoms with E-state index in [9.17, 15) is 5.11 Å². The number of ether oxygens (including phenoxy) is 1. The van der Waals surface area contributed by atoms with Crippen LogP contribution in [0.4, 0.5) is 0 Å². The average Bonchev–Trinajstić information content (AvgIpc) is 2.55. The number of hydrogen-bond acceptors (Lipinski definition) is 2. The second-order valence-electron chi connectivity index (χ2n) is 6.70. The molecule has 0 heterocycles. The third-order valence-electron chi connectivity index (χ3n) is 4.41. The van der Waals surface area contributed by atoms with Crippen LogP contribution in [0.3, 0.4) is 0 Å². The van der Waals surface area contributed by atoms with Crippen LogP contribution in [0.25, 0.3) is 0 Å². The fraction of sp³-hybridized carbons (Fsp3) is 0.714. The molecule has 0 fully saturated rings. The summed E-state index contributed by atoms with van der Waals surface area (Å²) in [5.41, 5.74) is 1.38. The summed E-state index contributed by atoms with van der Waals surface area (Å²) in [5, 5.41) is 9.83. The van der Waals surface area contributed by atoms with Gasteiger partial charge in [-0.3, -0.25) is 0 Å². The molecule has 0 aliphatic rings. The predicted molar refractivity (Wildman–Crippen MR) is 99.1 cm³/mol. The van der Waals surface area contributed by atoms with Gasteiger partial charge in [-0.25, -0.2) is 0 Å². The summed E-state index contributed by atoms with van der Waals surface area (Å²) in [6.45, 7) is 6.23.